The van der Waals surface area contributed by atoms with Gasteiger partial charge >= 0.3 is 11.9 Å². The molecule has 1 N–H and O–H groups in total. The Labute approximate surface area is 205 Å². The molecule has 3 aromatic rings. The molecule has 1 saturated heterocycles. The summed E-state index contributed by atoms with van der Waals surface area (Å²) in [4.78, 5) is 48.3. The van der Waals surface area contributed by atoms with Crippen molar-refractivity contribution in [3.63, 3.8) is 0 Å². The third kappa shape index (κ3) is 4.52. The number of carbonyl (C=O) groups is 3. The van der Waals surface area contributed by atoms with E-state index in [0.29, 0.717) is 22.6 Å². The monoisotopic (exact) mass is 493 g/mol. The summed E-state index contributed by atoms with van der Waals surface area (Å²) >= 11 is 0.942. The van der Waals surface area contributed by atoms with Gasteiger partial charge in [0.25, 0.3) is 5.78 Å². The summed E-state index contributed by atoms with van der Waals surface area (Å²) in [6.07, 6.45) is 3.03. The number of rotatable bonds is 6. The maximum absolute atomic E-state index is 13.2. The van der Waals surface area contributed by atoms with Gasteiger partial charge in [0.15, 0.2) is 5.13 Å². The zero-order valence-electron chi connectivity index (χ0n) is 19.5. The Bertz CT molecular complexity index is 1310. The smallest absolute Gasteiger partial charge is 0.350 e. The van der Waals surface area contributed by atoms with Crippen molar-refractivity contribution < 1.29 is 29.0 Å². The molecule has 4 rings (SSSR count). The van der Waals surface area contributed by atoms with Gasteiger partial charge in [0, 0.05) is 18.0 Å². The topological polar surface area (TPSA) is 119 Å². The molecule has 0 saturated carbocycles. The van der Waals surface area contributed by atoms with Crippen LogP contribution in [0.1, 0.15) is 46.4 Å². The quantitative estimate of drug-likeness (QED) is 0.236. The first-order valence-corrected chi connectivity index (χ1v) is 11.6. The standard InChI is InChI=1S/C25H23N3O6S/c1-13(2)34-17-7-5-16(6-8-17)20(29)18-19(15-9-11-26-12-10-15)28(23(31)21(18)30)25-27-14(3)22(35-25)24(32)33-4/h5-13,19,29H,1-4H3. The third-order valence-electron chi connectivity index (χ3n) is 5.33. The second-order valence-corrected chi connectivity index (χ2v) is 9.02. The minimum absolute atomic E-state index is 0.0249. The molecule has 1 unspecified atom stereocenters. The van der Waals surface area contributed by atoms with E-state index in [-0.39, 0.29) is 27.4 Å². The van der Waals surface area contributed by atoms with Crippen molar-refractivity contribution in [2.75, 3.05) is 12.0 Å². The lowest BCUT2D eigenvalue weighted by molar-refractivity contribution is -0.132. The number of hydrogen-bond acceptors (Lipinski definition) is 9. The van der Waals surface area contributed by atoms with Crippen LogP contribution in [0.4, 0.5) is 5.13 Å². The molecular weight excluding hydrogens is 470 g/mol. The lowest BCUT2D eigenvalue weighted by Crippen LogP contribution is -2.29. The van der Waals surface area contributed by atoms with E-state index in [2.05, 4.69) is 9.97 Å². The molecular formula is C25H23N3O6S. The van der Waals surface area contributed by atoms with Crippen LogP contribution in [-0.4, -0.2) is 45.9 Å². The van der Waals surface area contributed by atoms with E-state index in [1.807, 2.05) is 13.8 Å². The fraction of sp³-hybridized carbons (Fsp3) is 0.240. The van der Waals surface area contributed by atoms with Crippen LogP contribution >= 0.6 is 11.3 Å². The van der Waals surface area contributed by atoms with Gasteiger partial charge in [-0.2, -0.15) is 0 Å². The Morgan fingerprint density at radius 1 is 1.11 bits per heavy atom. The number of methoxy groups -OCH3 is 1. The van der Waals surface area contributed by atoms with E-state index >= 15 is 0 Å². The van der Waals surface area contributed by atoms with E-state index in [4.69, 9.17) is 9.47 Å². The largest absolute Gasteiger partial charge is 0.507 e. The number of aliphatic hydroxyl groups excluding tert-OH is 1. The number of thiazole rings is 1. The number of aliphatic hydroxyl groups is 1. The maximum atomic E-state index is 13.2. The summed E-state index contributed by atoms with van der Waals surface area (Å²) in [6.45, 7) is 5.41. The molecule has 10 heteroatoms. The van der Waals surface area contributed by atoms with Crippen LogP contribution in [0.25, 0.3) is 5.76 Å². The van der Waals surface area contributed by atoms with Gasteiger partial charge < -0.3 is 14.6 Å². The van der Waals surface area contributed by atoms with Gasteiger partial charge in [0.2, 0.25) is 0 Å². The second-order valence-electron chi connectivity index (χ2n) is 8.04. The zero-order valence-corrected chi connectivity index (χ0v) is 20.3. The van der Waals surface area contributed by atoms with Crippen molar-refractivity contribution >= 4 is 39.9 Å². The molecule has 0 radical (unpaired) electrons. The lowest BCUT2D eigenvalue weighted by Gasteiger charge is -2.22. The molecule has 0 aliphatic carbocycles. The lowest BCUT2D eigenvalue weighted by atomic mass is 9.96. The fourth-order valence-electron chi connectivity index (χ4n) is 3.78. The van der Waals surface area contributed by atoms with E-state index in [0.717, 1.165) is 11.3 Å². The number of carbonyl (C=O) groups excluding carboxylic acids is 3. The number of pyridine rings is 1. The predicted molar refractivity (Wildman–Crippen MR) is 129 cm³/mol. The molecule has 180 valence electrons. The minimum atomic E-state index is -0.972. The molecule has 1 amide bonds. The second kappa shape index (κ2) is 9.67. The van der Waals surface area contributed by atoms with Crippen LogP contribution < -0.4 is 9.64 Å². The SMILES string of the molecule is COC(=O)c1sc(N2C(=O)C(=O)C(=C(O)c3ccc(OC(C)C)cc3)C2c2ccncc2)nc1C. The Morgan fingerprint density at radius 2 is 1.77 bits per heavy atom. The first-order chi connectivity index (χ1) is 16.7. The number of aryl methyl sites for hydroxylation is 1. The molecule has 35 heavy (non-hydrogen) atoms. The Morgan fingerprint density at radius 3 is 2.37 bits per heavy atom. The number of nitrogens with zero attached hydrogens (tertiary/aromatic N) is 3. The fourth-order valence-corrected chi connectivity index (χ4v) is 4.79. The van der Waals surface area contributed by atoms with Crippen LogP contribution in [0.5, 0.6) is 5.75 Å². The number of hydrogen-bond donors (Lipinski definition) is 1. The predicted octanol–water partition coefficient (Wildman–Crippen LogP) is 4.05. The first-order valence-electron chi connectivity index (χ1n) is 10.8. The molecule has 1 aliphatic rings. The van der Waals surface area contributed by atoms with Crippen molar-refractivity contribution in [3.05, 3.63) is 76.1 Å². The number of ether oxygens (including phenoxy) is 2. The van der Waals surface area contributed by atoms with Crippen molar-refractivity contribution in [3.8, 4) is 5.75 Å². The molecule has 1 aliphatic heterocycles. The Hall–Kier alpha value is -4.05. The average molecular weight is 494 g/mol. The molecule has 0 spiro atoms. The third-order valence-corrected chi connectivity index (χ3v) is 6.46. The Kier molecular flexibility index (Phi) is 6.65. The summed E-state index contributed by atoms with van der Waals surface area (Å²) in [7, 11) is 1.25. The van der Waals surface area contributed by atoms with Gasteiger partial charge in [-0.15, -0.1) is 0 Å². The molecule has 9 nitrogen and oxygen atoms in total. The maximum Gasteiger partial charge on any atom is 0.350 e. The average Bonchev–Trinajstić information content (AvgIpc) is 3.35. The molecule has 1 fully saturated rings. The summed E-state index contributed by atoms with van der Waals surface area (Å²) in [5.74, 6) is -2.04. The van der Waals surface area contributed by atoms with E-state index in [9.17, 15) is 19.5 Å². The van der Waals surface area contributed by atoms with Crippen LogP contribution in [0.15, 0.2) is 54.4 Å². The van der Waals surface area contributed by atoms with Crippen LogP contribution in [-0.2, 0) is 14.3 Å². The first kappa shape index (κ1) is 24.1. The van der Waals surface area contributed by atoms with Crippen molar-refractivity contribution in [2.45, 2.75) is 32.9 Å². The van der Waals surface area contributed by atoms with Crippen molar-refractivity contribution in [1.29, 1.82) is 0 Å². The highest BCUT2D eigenvalue weighted by Crippen LogP contribution is 2.43. The normalized spacial score (nSPS) is 17.2. The number of esters is 1. The molecule has 0 bridgehead atoms. The number of aromatic nitrogens is 2. The van der Waals surface area contributed by atoms with E-state index < -0.39 is 23.7 Å². The molecule has 1 aromatic carbocycles. The number of ketones is 1. The molecule has 3 heterocycles. The van der Waals surface area contributed by atoms with Gasteiger partial charge in [-0.25, -0.2) is 9.78 Å². The highest BCUT2D eigenvalue weighted by atomic mass is 32.1. The number of anilines is 1. The number of benzene rings is 1. The van der Waals surface area contributed by atoms with Gasteiger partial charge in [0.05, 0.1) is 30.5 Å². The van der Waals surface area contributed by atoms with Crippen LogP contribution in [0, 0.1) is 6.92 Å². The van der Waals surface area contributed by atoms with Gasteiger partial charge in [-0.05, 0) is 62.7 Å². The minimum Gasteiger partial charge on any atom is -0.507 e. The summed E-state index contributed by atoms with van der Waals surface area (Å²) in [5.41, 5.74) is 1.18. The molecule has 1 atom stereocenters. The summed E-state index contributed by atoms with van der Waals surface area (Å²) < 4.78 is 10.4. The van der Waals surface area contributed by atoms with Gasteiger partial charge in [0.1, 0.15) is 16.4 Å². The highest BCUT2D eigenvalue weighted by molar-refractivity contribution is 7.17. The van der Waals surface area contributed by atoms with E-state index in [1.54, 1.807) is 43.3 Å². The van der Waals surface area contributed by atoms with Gasteiger partial charge in [-0.1, -0.05) is 11.3 Å². The summed E-state index contributed by atoms with van der Waals surface area (Å²) in [6, 6.07) is 8.93. The number of Topliss-reactive ketones (excluding diaryl/α,β-unsaturated/α-hetero) is 1. The van der Waals surface area contributed by atoms with Gasteiger partial charge in [-0.3, -0.25) is 19.5 Å². The number of amides is 1. The highest BCUT2D eigenvalue weighted by Gasteiger charge is 2.48. The van der Waals surface area contributed by atoms with Crippen molar-refractivity contribution in [2.24, 2.45) is 0 Å². The molecule has 2 aromatic heterocycles. The van der Waals surface area contributed by atoms with Crippen LogP contribution in [0.3, 0.4) is 0 Å². The zero-order chi connectivity index (χ0) is 25.3. The van der Waals surface area contributed by atoms with Crippen LogP contribution in [0.2, 0.25) is 0 Å². The summed E-state index contributed by atoms with van der Waals surface area (Å²) in [5, 5.41) is 11.3. The van der Waals surface area contributed by atoms with E-state index in [1.165, 1.54) is 24.4 Å². The van der Waals surface area contributed by atoms with Crippen molar-refractivity contribution in [1.82, 2.24) is 9.97 Å². The Balaban J connectivity index is 1.85.